The van der Waals surface area contributed by atoms with Gasteiger partial charge >= 0.3 is 0 Å². The second-order valence-corrected chi connectivity index (χ2v) is 6.00. The van der Waals surface area contributed by atoms with Crippen molar-refractivity contribution in [3.05, 3.63) is 57.0 Å². The van der Waals surface area contributed by atoms with Gasteiger partial charge in [0.25, 0.3) is 0 Å². The standard InChI is InChI=1S/C16H15BrClF2N/c1-3-21-9(2)11-5-4-10(8-13(11)18)15-14(19)7-6-12(17)16(15)20/h4-9,21H,3H2,1-2H3. The first-order valence-corrected chi connectivity index (χ1v) is 7.79. The zero-order valence-corrected chi connectivity index (χ0v) is 14.0. The van der Waals surface area contributed by atoms with Gasteiger partial charge in [-0.15, -0.1) is 0 Å². The van der Waals surface area contributed by atoms with Crippen LogP contribution in [-0.2, 0) is 0 Å². The number of benzene rings is 2. The Morgan fingerprint density at radius 2 is 1.95 bits per heavy atom. The van der Waals surface area contributed by atoms with Crippen molar-refractivity contribution >= 4 is 27.5 Å². The fraction of sp³-hybridized carbons (Fsp3) is 0.250. The van der Waals surface area contributed by atoms with Crippen LogP contribution in [0.5, 0.6) is 0 Å². The van der Waals surface area contributed by atoms with Crippen molar-refractivity contribution in [3.63, 3.8) is 0 Å². The molecule has 0 aliphatic heterocycles. The van der Waals surface area contributed by atoms with Gasteiger partial charge in [0.05, 0.1) is 10.0 Å². The molecule has 2 aromatic carbocycles. The molecule has 0 saturated carbocycles. The van der Waals surface area contributed by atoms with Crippen molar-refractivity contribution < 1.29 is 8.78 Å². The summed E-state index contributed by atoms with van der Waals surface area (Å²) in [5, 5.41) is 3.74. The lowest BCUT2D eigenvalue weighted by molar-refractivity contribution is 0.585. The van der Waals surface area contributed by atoms with Gasteiger partial charge in [0.1, 0.15) is 11.6 Å². The number of hydrogen-bond acceptors (Lipinski definition) is 1. The van der Waals surface area contributed by atoms with E-state index in [0.717, 1.165) is 12.1 Å². The minimum atomic E-state index is -0.626. The van der Waals surface area contributed by atoms with Gasteiger partial charge in [-0.3, -0.25) is 0 Å². The lowest BCUT2D eigenvalue weighted by Gasteiger charge is -2.16. The molecule has 1 unspecified atom stereocenters. The first-order chi connectivity index (χ1) is 9.95. The average molecular weight is 375 g/mol. The Morgan fingerprint density at radius 3 is 2.57 bits per heavy atom. The fourth-order valence-corrected chi connectivity index (χ4v) is 2.92. The smallest absolute Gasteiger partial charge is 0.148 e. The van der Waals surface area contributed by atoms with E-state index in [1.54, 1.807) is 18.2 Å². The third-order valence-corrected chi connectivity index (χ3v) is 4.25. The van der Waals surface area contributed by atoms with Gasteiger partial charge in [0.15, 0.2) is 0 Å². The van der Waals surface area contributed by atoms with E-state index in [-0.39, 0.29) is 16.1 Å². The second-order valence-electron chi connectivity index (χ2n) is 4.73. The van der Waals surface area contributed by atoms with Crippen LogP contribution in [0.2, 0.25) is 5.02 Å². The van der Waals surface area contributed by atoms with E-state index in [1.807, 2.05) is 13.8 Å². The first kappa shape index (κ1) is 16.4. The van der Waals surface area contributed by atoms with E-state index >= 15 is 0 Å². The fourth-order valence-electron chi connectivity index (χ4n) is 2.24. The lowest BCUT2D eigenvalue weighted by atomic mass is 10.0. The topological polar surface area (TPSA) is 12.0 Å². The van der Waals surface area contributed by atoms with Gasteiger partial charge in [0.2, 0.25) is 0 Å². The highest BCUT2D eigenvalue weighted by Crippen LogP contribution is 2.34. The quantitative estimate of drug-likeness (QED) is 0.675. The molecular weight excluding hydrogens is 360 g/mol. The molecule has 2 aromatic rings. The van der Waals surface area contributed by atoms with Crippen molar-refractivity contribution in [2.75, 3.05) is 6.54 Å². The van der Waals surface area contributed by atoms with Gasteiger partial charge < -0.3 is 5.32 Å². The summed E-state index contributed by atoms with van der Waals surface area (Å²) >= 11 is 9.33. The van der Waals surface area contributed by atoms with Crippen molar-refractivity contribution in [1.82, 2.24) is 5.32 Å². The molecule has 0 bridgehead atoms. The van der Waals surface area contributed by atoms with Crippen LogP contribution in [0.3, 0.4) is 0 Å². The number of hydrogen-bond donors (Lipinski definition) is 1. The molecule has 0 radical (unpaired) electrons. The molecular formula is C16H15BrClF2N. The van der Waals surface area contributed by atoms with E-state index in [9.17, 15) is 8.78 Å². The minimum absolute atomic E-state index is 0.0751. The number of halogens is 4. The Kier molecular flexibility index (Phi) is 5.36. The lowest BCUT2D eigenvalue weighted by Crippen LogP contribution is -2.17. The van der Waals surface area contributed by atoms with E-state index in [1.165, 1.54) is 12.1 Å². The highest BCUT2D eigenvalue weighted by Gasteiger charge is 2.16. The highest BCUT2D eigenvalue weighted by molar-refractivity contribution is 9.10. The summed E-state index contributed by atoms with van der Waals surface area (Å²) in [6.07, 6.45) is 0. The van der Waals surface area contributed by atoms with Crippen LogP contribution < -0.4 is 5.32 Å². The normalized spacial score (nSPS) is 12.5. The molecule has 2 rings (SSSR count). The monoisotopic (exact) mass is 373 g/mol. The zero-order valence-electron chi connectivity index (χ0n) is 11.7. The summed E-state index contributed by atoms with van der Waals surface area (Å²) in [5.74, 6) is -1.24. The van der Waals surface area contributed by atoms with E-state index < -0.39 is 11.6 Å². The Hall–Kier alpha value is -0.970. The predicted molar refractivity (Wildman–Crippen MR) is 86.6 cm³/mol. The van der Waals surface area contributed by atoms with Crippen LogP contribution >= 0.6 is 27.5 Å². The van der Waals surface area contributed by atoms with Gasteiger partial charge in [-0.2, -0.15) is 0 Å². The summed E-state index contributed by atoms with van der Waals surface area (Å²) in [7, 11) is 0. The van der Waals surface area contributed by atoms with Gasteiger partial charge in [-0.25, -0.2) is 8.78 Å². The molecule has 1 N–H and O–H groups in total. The molecule has 0 amide bonds. The van der Waals surface area contributed by atoms with Gasteiger partial charge in [0, 0.05) is 11.1 Å². The Balaban J connectivity index is 2.48. The van der Waals surface area contributed by atoms with Crippen LogP contribution in [0.15, 0.2) is 34.8 Å². The SMILES string of the molecule is CCNC(C)c1ccc(-c2c(F)ccc(Br)c2F)cc1Cl. The first-order valence-electron chi connectivity index (χ1n) is 6.62. The van der Waals surface area contributed by atoms with Crippen molar-refractivity contribution in [3.8, 4) is 11.1 Å². The number of nitrogens with one attached hydrogen (secondary N) is 1. The van der Waals surface area contributed by atoms with Gasteiger partial charge in [-0.1, -0.05) is 30.7 Å². The molecule has 0 aliphatic rings. The third-order valence-electron chi connectivity index (χ3n) is 3.31. The zero-order chi connectivity index (χ0) is 15.6. The molecule has 5 heteroatoms. The van der Waals surface area contributed by atoms with Crippen LogP contribution in [-0.4, -0.2) is 6.54 Å². The predicted octanol–water partition coefficient (Wildman–Crippen LogP) is 5.72. The van der Waals surface area contributed by atoms with Gasteiger partial charge in [-0.05, 0) is 58.7 Å². The van der Waals surface area contributed by atoms with E-state index in [0.29, 0.717) is 10.6 Å². The van der Waals surface area contributed by atoms with Crippen LogP contribution in [0.25, 0.3) is 11.1 Å². The Labute approximate surface area is 136 Å². The largest absolute Gasteiger partial charge is 0.310 e. The van der Waals surface area contributed by atoms with E-state index in [2.05, 4.69) is 21.2 Å². The molecule has 0 spiro atoms. The maximum atomic E-state index is 14.1. The maximum Gasteiger partial charge on any atom is 0.148 e. The maximum absolute atomic E-state index is 14.1. The highest BCUT2D eigenvalue weighted by atomic mass is 79.9. The molecule has 0 saturated heterocycles. The van der Waals surface area contributed by atoms with Crippen molar-refractivity contribution in [1.29, 1.82) is 0 Å². The molecule has 0 fully saturated rings. The summed E-state index contributed by atoms with van der Waals surface area (Å²) < 4.78 is 28.3. The Morgan fingerprint density at radius 1 is 1.24 bits per heavy atom. The molecule has 0 aromatic heterocycles. The molecule has 21 heavy (non-hydrogen) atoms. The average Bonchev–Trinajstić information content (AvgIpc) is 2.44. The van der Waals surface area contributed by atoms with Crippen LogP contribution in [0, 0.1) is 11.6 Å². The molecule has 0 heterocycles. The summed E-state index contributed by atoms with van der Waals surface area (Å²) in [6.45, 7) is 4.81. The van der Waals surface area contributed by atoms with Crippen molar-refractivity contribution in [2.45, 2.75) is 19.9 Å². The minimum Gasteiger partial charge on any atom is -0.310 e. The Bertz CT molecular complexity index is 661. The summed E-state index contributed by atoms with van der Waals surface area (Å²) in [4.78, 5) is 0. The van der Waals surface area contributed by atoms with Crippen LogP contribution in [0.1, 0.15) is 25.5 Å². The summed E-state index contributed by atoms with van der Waals surface area (Å²) in [5.41, 5.74) is 1.25. The van der Waals surface area contributed by atoms with Crippen LogP contribution in [0.4, 0.5) is 8.78 Å². The third kappa shape index (κ3) is 3.44. The van der Waals surface area contributed by atoms with Crippen molar-refractivity contribution in [2.24, 2.45) is 0 Å². The second kappa shape index (κ2) is 6.86. The van der Waals surface area contributed by atoms with E-state index in [4.69, 9.17) is 11.6 Å². The molecule has 0 aliphatic carbocycles. The molecule has 112 valence electrons. The molecule has 1 atom stereocenters. The molecule has 1 nitrogen and oxygen atoms in total. The summed E-state index contributed by atoms with van der Waals surface area (Å²) in [6, 6.07) is 7.73. The number of rotatable bonds is 4.